The molecule has 0 fully saturated rings. The third kappa shape index (κ3) is 9.98. The van der Waals surface area contributed by atoms with Crippen LogP contribution in [0.4, 0.5) is 0 Å². The highest BCUT2D eigenvalue weighted by Crippen LogP contribution is 2.44. The topological polar surface area (TPSA) is 99.1 Å². The standard InChI is InChI=1S/C50H62O7/c1-28(51)55-44-33-16-31-20-39(47(4,5)6)21-32(43(31)54)17-34-23-41(49(10,11)12)25-36(45(34)56-29(2)52)19-38-27-42(50(13,14)15)26-37(46(38)57-30(3)53)18-35(44)24-40(22-33)48(7,8)9/h20-27,54H,16-19H2,1-15H3. The van der Waals surface area contributed by atoms with Gasteiger partial charge in [0.1, 0.15) is 23.0 Å². The number of rotatable bonds is 3. The van der Waals surface area contributed by atoms with Gasteiger partial charge in [0, 0.05) is 79.8 Å². The molecule has 57 heavy (non-hydrogen) atoms. The molecule has 4 aromatic carbocycles. The normalized spacial score (nSPS) is 13.5. The van der Waals surface area contributed by atoms with Gasteiger partial charge in [0.25, 0.3) is 0 Å². The molecule has 8 bridgehead atoms. The minimum atomic E-state index is -0.465. The fourth-order valence-corrected chi connectivity index (χ4v) is 7.46. The van der Waals surface area contributed by atoms with Crippen molar-refractivity contribution in [1.82, 2.24) is 0 Å². The third-order valence-electron chi connectivity index (χ3n) is 10.7. The number of phenols is 1. The van der Waals surface area contributed by atoms with Crippen molar-refractivity contribution in [2.75, 3.05) is 0 Å². The first-order valence-electron chi connectivity index (χ1n) is 20.0. The molecule has 0 aliphatic heterocycles. The van der Waals surface area contributed by atoms with E-state index < -0.39 is 17.9 Å². The molecule has 5 rings (SSSR count). The number of fused-ring (bicyclic) bond motifs is 8. The van der Waals surface area contributed by atoms with Crippen LogP contribution < -0.4 is 14.2 Å². The van der Waals surface area contributed by atoms with Crippen LogP contribution in [0.1, 0.15) is 171 Å². The lowest BCUT2D eigenvalue weighted by atomic mass is 9.79. The maximum Gasteiger partial charge on any atom is 0.308 e. The molecular formula is C50H62O7. The van der Waals surface area contributed by atoms with Gasteiger partial charge in [0.2, 0.25) is 0 Å². The summed E-state index contributed by atoms with van der Waals surface area (Å²) in [4.78, 5) is 38.8. The molecule has 0 spiro atoms. The number of ether oxygens (including phenoxy) is 3. The zero-order valence-corrected chi connectivity index (χ0v) is 36.8. The smallest absolute Gasteiger partial charge is 0.308 e. The molecule has 0 saturated heterocycles. The van der Waals surface area contributed by atoms with E-state index in [2.05, 4.69) is 119 Å². The van der Waals surface area contributed by atoms with Crippen LogP contribution in [0.25, 0.3) is 0 Å². The second-order valence-electron chi connectivity index (χ2n) is 20.0. The summed E-state index contributed by atoms with van der Waals surface area (Å²) < 4.78 is 18.5. The molecule has 0 heterocycles. The summed E-state index contributed by atoms with van der Waals surface area (Å²) in [5, 5.41) is 12.3. The van der Waals surface area contributed by atoms with Crippen molar-refractivity contribution in [3.63, 3.8) is 0 Å². The summed E-state index contributed by atoms with van der Waals surface area (Å²) in [5.74, 6) is 0.0384. The van der Waals surface area contributed by atoms with Gasteiger partial charge in [0.05, 0.1) is 0 Å². The van der Waals surface area contributed by atoms with E-state index in [0.717, 1.165) is 55.6 Å². The molecule has 4 aromatic rings. The highest BCUT2D eigenvalue weighted by Gasteiger charge is 2.29. The van der Waals surface area contributed by atoms with Crippen molar-refractivity contribution >= 4 is 17.9 Å². The SMILES string of the molecule is CC(=O)Oc1c2cc(C(C)(C)C)cc1Cc1cc(C(C)(C)C)cc(c1OC(C)=O)Cc1cc(C(C)(C)C)cc(c1OC(C)=O)Cc1cc(C(C)(C)C)cc(c1O)C2. The van der Waals surface area contributed by atoms with Crippen LogP contribution >= 0.6 is 0 Å². The van der Waals surface area contributed by atoms with Gasteiger partial charge in [0.15, 0.2) is 0 Å². The summed E-state index contributed by atoms with van der Waals surface area (Å²) in [6, 6.07) is 16.6. The molecule has 0 amide bonds. The number of aromatic hydroxyl groups is 1. The Kier molecular flexibility index (Phi) is 11.7. The van der Waals surface area contributed by atoms with Gasteiger partial charge in [-0.3, -0.25) is 14.4 Å². The Balaban J connectivity index is 2.02. The Labute approximate surface area is 340 Å². The molecule has 7 heteroatoms. The maximum atomic E-state index is 13.0. The molecular weight excluding hydrogens is 713 g/mol. The fraction of sp³-hybridized carbons (Fsp3) is 0.460. The van der Waals surface area contributed by atoms with Gasteiger partial charge in [-0.15, -0.1) is 0 Å². The lowest BCUT2D eigenvalue weighted by Crippen LogP contribution is -2.18. The average molecular weight is 775 g/mol. The van der Waals surface area contributed by atoms with Crippen molar-refractivity contribution in [1.29, 1.82) is 0 Å². The van der Waals surface area contributed by atoms with Gasteiger partial charge in [-0.2, -0.15) is 0 Å². The van der Waals surface area contributed by atoms with Crippen molar-refractivity contribution < 1.29 is 33.7 Å². The van der Waals surface area contributed by atoms with Crippen molar-refractivity contribution in [3.8, 4) is 23.0 Å². The highest BCUT2D eigenvalue weighted by atomic mass is 16.5. The van der Waals surface area contributed by atoms with Gasteiger partial charge in [-0.1, -0.05) is 132 Å². The second-order valence-corrected chi connectivity index (χ2v) is 20.0. The van der Waals surface area contributed by atoms with Crippen LogP contribution in [-0.2, 0) is 61.7 Å². The first-order valence-corrected chi connectivity index (χ1v) is 20.0. The third-order valence-corrected chi connectivity index (χ3v) is 10.7. The molecule has 0 aromatic heterocycles. The predicted octanol–water partition coefficient (Wildman–Crippen LogP) is 11.0. The van der Waals surface area contributed by atoms with E-state index in [0.29, 0.717) is 28.4 Å². The number of hydrogen-bond acceptors (Lipinski definition) is 7. The Bertz CT molecular complexity index is 2110. The minimum absolute atomic E-state index is 0.139. The lowest BCUT2D eigenvalue weighted by Gasteiger charge is -2.28. The Morgan fingerprint density at radius 3 is 0.737 bits per heavy atom. The van der Waals surface area contributed by atoms with Crippen LogP contribution in [-0.4, -0.2) is 23.0 Å². The molecule has 1 N–H and O–H groups in total. The number of esters is 3. The monoisotopic (exact) mass is 774 g/mol. The van der Waals surface area contributed by atoms with Gasteiger partial charge in [-0.25, -0.2) is 0 Å². The van der Waals surface area contributed by atoms with E-state index in [-0.39, 0.29) is 53.1 Å². The van der Waals surface area contributed by atoms with Gasteiger partial charge < -0.3 is 19.3 Å². The number of carbonyl (C=O) groups is 3. The van der Waals surface area contributed by atoms with E-state index in [9.17, 15) is 19.5 Å². The van der Waals surface area contributed by atoms with E-state index in [1.54, 1.807) is 0 Å². The van der Waals surface area contributed by atoms with Gasteiger partial charge >= 0.3 is 17.9 Å². The Morgan fingerprint density at radius 2 is 0.561 bits per heavy atom. The molecule has 1 aliphatic rings. The minimum Gasteiger partial charge on any atom is -0.507 e. The molecule has 0 saturated carbocycles. The summed E-state index contributed by atoms with van der Waals surface area (Å²) in [7, 11) is 0. The summed E-state index contributed by atoms with van der Waals surface area (Å²) in [5.41, 5.74) is 8.92. The van der Waals surface area contributed by atoms with Crippen LogP contribution in [0.5, 0.6) is 23.0 Å². The summed E-state index contributed by atoms with van der Waals surface area (Å²) in [6.45, 7) is 29.9. The summed E-state index contributed by atoms with van der Waals surface area (Å²) >= 11 is 0. The van der Waals surface area contributed by atoms with Crippen molar-refractivity contribution in [3.05, 3.63) is 115 Å². The molecule has 0 radical (unpaired) electrons. The quantitative estimate of drug-likeness (QED) is 0.144. The van der Waals surface area contributed by atoms with Crippen molar-refractivity contribution in [2.45, 2.75) is 151 Å². The predicted molar refractivity (Wildman–Crippen MR) is 227 cm³/mol. The van der Waals surface area contributed by atoms with E-state index in [1.807, 2.05) is 12.1 Å². The van der Waals surface area contributed by atoms with Gasteiger partial charge in [-0.05, 0) is 55.0 Å². The van der Waals surface area contributed by atoms with Crippen molar-refractivity contribution in [2.24, 2.45) is 0 Å². The lowest BCUT2D eigenvalue weighted by molar-refractivity contribution is -0.132. The van der Waals surface area contributed by atoms with Crippen LogP contribution in [0, 0.1) is 0 Å². The zero-order chi connectivity index (χ0) is 42.6. The fourth-order valence-electron chi connectivity index (χ4n) is 7.46. The van der Waals surface area contributed by atoms with E-state index >= 15 is 0 Å². The van der Waals surface area contributed by atoms with Crippen LogP contribution in [0.3, 0.4) is 0 Å². The number of phenolic OH excluding ortho intramolecular Hbond substituents is 1. The molecule has 7 nitrogen and oxygen atoms in total. The Hall–Kier alpha value is -4.91. The summed E-state index contributed by atoms with van der Waals surface area (Å²) in [6.07, 6.45) is 1.11. The molecule has 304 valence electrons. The Morgan fingerprint density at radius 1 is 0.386 bits per heavy atom. The number of hydrogen-bond donors (Lipinski definition) is 1. The van der Waals surface area contributed by atoms with Crippen LogP contribution in [0.15, 0.2) is 48.5 Å². The average Bonchev–Trinajstić information content (AvgIpc) is 3.03. The molecule has 0 unspecified atom stereocenters. The highest BCUT2D eigenvalue weighted by molar-refractivity contribution is 5.74. The molecule has 1 aliphatic carbocycles. The number of carbonyl (C=O) groups excluding carboxylic acids is 3. The number of benzene rings is 4. The zero-order valence-electron chi connectivity index (χ0n) is 36.8. The van der Waals surface area contributed by atoms with Crippen LogP contribution in [0.2, 0.25) is 0 Å². The first kappa shape index (κ1) is 43.2. The largest absolute Gasteiger partial charge is 0.507 e. The maximum absolute atomic E-state index is 13.0. The second kappa shape index (κ2) is 15.4. The van der Waals surface area contributed by atoms with E-state index in [4.69, 9.17) is 14.2 Å². The molecule has 0 atom stereocenters. The first-order chi connectivity index (χ1) is 26.1. The van der Waals surface area contributed by atoms with E-state index in [1.165, 1.54) is 20.8 Å².